The number of aliphatic hydroxyl groups is 2. The van der Waals surface area contributed by atoms with E-state index in [0.29, 0.717) is 62.1 Å². The van der Waals surface area contributed by atoms with Crippen molar-refractivity contribution in [3.63, 3.8) is 0 Å². The monoisotopic (exact) mass is 651 g/mol. The predicted octanol–water partition coefficient (Wildman–Crippen LogP) is 3.81. The summed E-state index contributed by atoms with van der Waals surface area (Å²) >= 11 is 0. The van der Waals surface area contributed by atoms with E-state index < -0.39 is 0 Å². The van der Waals surface area contributed by atoms with E-state index in [2.05, 4.69) is 25.1 Å². The lowest BCUT2D eigenvalue weighted by atomic mass is 9.91. The van der Waals surface area contributed by atoms with E-state index in [1.54, 1.807) is 38.7 Å². The average molecular weight is 652 g/mol. The fraction of sp³-hybridized carbons (Fsp3) is 0.351. The number of nitrogens with zero attached hydrogens (tertiary/aromatic N) is 4. The molecule has 3 N–H and O–H groups in total. The van der Waals surface area contributed by atoms with E-state index >= 15 is 0 Å². The lowest BCUT2D eigenvalue weighted by molar-refractivity contribution is -0.00347. The first-order valence-corrected chi connectivity index (χ1v) is 16.0. The molecule has 2 aromatic heterocycles. The van der Waals surface area contributed by atoms with Crippen LogP contribution < -0.4 is 14.8 Å². The SMILES string of the molecule is COc1cc(C(=O)Cc2cccc(-c3cccc(NC(=O)c4cc(OC)c(CN5CC(O)C5)cn4)c3C)c2C)ncc1CN1CC(O)C1. The number of hydrogen-bond acceptors (Lipinski definition) is 10. The van der Waals surface area contributed by atoms with Gasteiger partial charge in [-0.3, -0.25) is 29.4 Å². The zero-order valence-electron chi connectivity index (χ0n) is 27.7. The summed E-state index contributed by atoms with van der Waals surface area (Å²) in [7, 11) is 3.14. The Balaban J connectivity index is 1.17. The van der Waals surface area contributed by atoms with Crippen LogP contribution in [0.5, 0.6) is 11.5 Å². The van der Waals surface area contributed by atoms with Crippen LogP contribution in [0, 0.1) is 13.8 Å². The minimum Gasteiger partial charge on any atom is -0.496 e. The normalized spacial score (nSPS) is 15.5. The fourth-order valence-electron chi connectivity index (χ4n) is 6.33. The molecule has 0 radical (unpaired) electrons. The second kappa shape index (κ2) is 14.2. The number of benzene rings is 2. The third-order valence-electron chi connectivity index (χ3n) is 9.18. The lowest BCUT2D eigenvalue weighted by Gasteiger charge is -2.35. The number of nitrogens with one attached hydrogen (secondary N) is 1. The van der Waals surface area contributed by atoms with Crippen molar-refractivity contribution in [3.05, 3.63) is 100 Å². The van der Waals surface area contributed by atoms with Gasteiger partial charge in [0, 0.05) is 87.0 Å². The molecule has 2 fully saturated rings. The third kappa shape index (κ3) is 7.09. The van der Waals surface area contributed by atoms with Gasteiger partial charge in [-0.15, -0.1) is 0 Å². The van der Waals surface area contributed by atoms with Crippen molar-refractivity contribution in [2.24, 2.45) is 0 Å². The average Bonchev–Trinajstić information content (AvgIpc) is 3.05. The number of aliphatic hydroxyl groups excluding tert-OH is 2. The van der Waals surface area contributed by atoms with Gasteiger partial charge in [-0.2, -0.15) is 0 Å². The molecule has 0 spiro atoms. The minimum absolute atomic E-state index is 0.117. The van der Waals surface area contributed by atoms with Crippen molar-refractivity contribution >= 4 is 17.4 Å². The Morgan fingerprint density at radius 2 is 1.29 bits per heavy atom. The molecule has 0 saturated carbocycles. The number of pyridine rings is 2. The zero-order valence-corrected chi connectivity index (χ0v) is 27.7. The van der Waals surface area contributed by atoms with Crippen molar-refractivity contribution in [3.8, 4) is 22.6 Å². The van der Waals surface area contributed by atoms with E-state index in [1.165, 1.54) is 0 Å². The van der Waals surface area contributed by atoms with Gasteiger partial charge >= 0.3 is 0 Å². The Labute approximate surface area is 280 Å². The summed E-state index contributed by atoms with van der Waals surface area (Å²) in [6.07, 6.45) is 2.91. The van der Waals surface area contributed by atoms with Crippen molar-refractivity contribution in [1.29, 1.82) is 0 Å². The van der Waals surface area contributed by atoms with Crippen molar-refractivity contribution in [2.75, 3.05) is 45.7 Å². The minimum atomic E-state index is -0.355. The number of amides is 1. The summed E-state index contributed by atoms with van der Waals surface area (Å²) < 4.78 is 11.1. The van der Waals surface area contributed by atoms with Gasteiger partial charge in [0.15, 0.2) is 5.78 Å². The maximum atomic E-state index is 13.4. The molecule has 48 heavy (non-hydrogen) atoms. The summed E-state index contributed by atoms with van der Waals surface area (Å²) in [6, 6.07) is 15.0. The Morgan fingerprint density at radius 1 is 0.771 bits per heavy atom. The van der Waals surface area contributed by atoms with Gasteiger partial charge in [0.1, 0.15) is 22.9 Å². The molecule has 1 amide bonds. The highest BCUT2D eigenvalue weighted by atomic mass is 16.5. The largest absolute Gasteiger partial charge is 0.496 e. The highest BCUT2D eigenvalue weighted by Crippen LogP contribution is 2.33. The highest BCUT2D eigenvalue weighted by molar-refractivity contribution is 6.04. The van der Waals surface area contributed by atoms with E-state index in [1.807, 2.05) is 50.2 Å². The first-order valence-electron chi connectivity index (χ1n) is 16.0. The molecule has 0 atom stereocenters. The Hall–Kier alpha value is -4.68. The predicted molar refractivity (Wildman–Crippen MR) is 181 cm³/mol. The van der Waals surface area contributed by atoms with Crippen LogP contribution in [0.4, 0.5) is 5.69 Å². The molecule has 2 aromatic carbocycles. The van der Waals surface area contributed by atoms with Crippen LogP contribution in [-0.2, 0) is 19.5 Å². The maximum absolute atomic E-state index is 13.4. The molecule has 4 heterocycles. The first kappa shape index (κ1) is 33.2. The van der Waals surface area contributed by atoms with Crippen molar-refractivity contribution in [2.45, 2.75) is 45.6 Å². The molecule has 0 unspecified atom stereocenters. The first-order chi connectivity index (χ1) is 23.1. The van der Waals surface area contributed by atoms with Gasteiger partial charge < -0.3 is 25.0 Å². The number of ketones is 1. The zero-order chi connectivity index (χ0) is 33.9. The molecule has 250 valence electrons. The molecule has 6 rings (SSSR count). The Bertz CT molecular complexity index is 1700. The van der Waals surface area contributed by atoms with E-state index in [-0.39, 0.29) is 36.0 Å². The lowest BCUT2D eigenvalue weighted by Crippen LogP contribution is -2.49. The fourth-order valence-corrected chi connectivity index (χ4v) is 6.33. The molecule has 11 heteroatoms. The quantitative estimate of drug-likeness (QED) is 0.194. The molecule has 2 aliphatic heterocycles. The van der Waals surface area contributed by atoms with Crippen LogP contribution in [0.2, 0.25) is 0 Å². The Kier molecular flexibility index (Phi) is 9.83. The molecule has 11 nitrogen and oxygen atoms in total. The van der Waals surface area contributed by atoms with Gasteiger partial charge in [0.25, 0.3) is 5.91 Å². The van der Waals surface area contributed by atoms with E-state index in [0.717, 1.165) is 38.9 Å². The number of likely N-dealkylation sites (tertiary alicyclic amines) is 2. The van der Waals surface area contributed by atoms with Crippen LogP contribution in [0.1, 0.15) is 48.8 Å². The second-order valence-corrected chi connectivity index (χ2v) is 12.6. The number of rotatable bonds is 12. The number of β-amino-alcohol motifs (C(OH)–C–C–N with tert-alkyl or cyclic N) is 2. The molecule has 0 aliphatic carbocycles. The van der Waals surface area contributed by atoms with Gasteiger partial charge in [-0.25, -0.2) is 0 Å². The van der Waals surface area contributed by atoms with Crippen LogP contribution in [-0.4, -0.2) is 94.3 Å². The van der Waals surface area contributed by atoms with Gasteiger partial charge in [0.05, 0.1) is 26.4 Å². The highest BCUT2D eigenvalue weighted by Gasteiger charge is 2.27. The molecular weight excluding hydrogens is 610 g/mol. The number of methoxy groups -OCH3 is 2. The summed E-state index contributed by atoms with van der Waals surface area (Å²) in [6.45, 7) is 7.58. The van der Waals surface area contributed by atoms with Crippen LogP contribution in [0.25, 0.3) is 11.1 Å². The molecule has 2 aliphatic rings. The third-order valence-corrected chi connectivity index (χ3v) is 9.18. The smallest absolute Gasteiger partial charge is 0.274 e. The molecule has 0 bridgehead atoms. The number of hydrogen-bond donors (Lipinski definition) is 3. The van der Waals surface area contributed by atoms with Crippen LogP contribution in [0.15, 0.2) is 60.9 Å². The number of aromatic nitrogens is 2. The topological polar surface area (TPSA) is 137 Å². The number of ether oxygens (including phenoxy) is 2. The summed E-state index contributed by atoms with van der Waals surface area (Å²) in [4.78, 5) is 39.8. The van der Waals surface area contributed by atoms with Gasteiger partial charge in [-0.1, -0.05) is 30.3 Å². The van der Waals surface area contributed by atoms with Crippen molar-refractivity contribution < 1.29 is 29.3 Å². The van der Waals surface area contributed by atoms with Gasteiger partial charge in [0.2, 0.25) is 0 Å². The second-order valence-electron chi connectivity index (χ2n) is 12.6. The number of carbonyl (C=O) groups excluding carboxylic acids is 2. The van der Waals surface area contributed by atoms with Crippen LogP contribution >= 0.6 is 0 Å². The molecular formula is C37H41N5O6. The van der Waals surface area contributed by atoms with Gasteiger partial charge in [-0.05, 0) is 47.7 Å². The molecule has 2 saturated heterocycles. The number of carbonyl (C=O) groups is 2. The standard InChI is InChI=1S/C37H41N5O6/c1-22-24(11-34(45)32-12-35(47-3)25(14-38-32)16-41-18-27(43)19-41)7-5-8-29(22)30-9-6-10-31(23(30)2)40-37(46)33-13-36(48-4)26(15-39-33)17-42-20-28(44)21-42/h5-10,12-15,27-28,43-44H,11,16-21H2,1-4H3,(H,40,46). The van der Waals surface area contributed by atoms with Crippen LogP contribution in [0.3, 0.4) is 0 Å². The molecule has 4 aromatic rings. The number of anilines is 1. The van der Waals surface area contributed by atoms with E-state index in [9.17, 15) is 19.8 Å². The Morgan fingerprint density at radius 3 is 1.85 bits per heavy atom. The summed E-state index contributed by atoms with van der Waals surface area (Å²) in [5.41, 5.74) is 7.59. The van der Waals surface area contributed by atoms with Crippen molar-refractivity contribution in [1.82, 2.24) is 19.8 Å². The summed E-state index contributed by atoms with van der Waals surface area (Å²) in [5.74, 6) is 0.702. The summed E-state index contributed by atoms with van der Waals surface area (Å²) in [5, 5.41) is 22.2. The van der Waals surface area contributed by atoms with E-state index in [4.69, 9.17) is 9.47 Å². The maximum Gasteiger partial charge on any atom is 0.274 e. The number of Topliss-reactive ketones (excluding diaryl/α,β-unsaturated/α-hetero) is 1.